The lowest BCUT2D eigenvalue weighted by atomic mass is 10.1. The summed E-state index contributed by atoms with van der Waals surface area (Å²) in [4.78, 5) is 0.913. The molecule has 0 bridgehead atoms. The van der Waals surface area contributed by atoms with Crippen LogP contribution in [-0.2, 0) is 17.2 Å². The SMILES string of the molecule is Cc1ccccc1S(=O)C1Cc2ccccc2C1N. The number of benzene rings is 2. The van der Waals surface area contributed by atoms with E-state index in [1.807, 2.05) is 43.3 Å². The quantitative estimate of drug-likeness (QED) is 0.912. The monoisotopic (exact) mass is 271 g/mol. The normalized spacial score (nSPS) is 23.1. The fourth-order valence-electron chi connectivity index (χ4n) is 2.74. The third-order valence-corrected chi connectivity index (χ3v) is 5.72. The first kappa shape index (κ1) is 12.6. The van der Waals surface area contributed by atoms with Crippen LogP contribution in [0.4, 0.5) is 0 Å². The molecule has 0 radical (unpaired) electrons. The zero-order valence-corrected chi connectivity index (χ0v) is 11.7. The molecule has 0 aromatic heterocycles. The fourth-order valence-corrected chi connectivity index (χ4v) is 4.41. The summed E-state index contributed by atoms with van der Waals surface area (Å²) in [6, 6.07) is 15.9. The smallest absolute Gasteiger partial charge is 0.0628 e. The molecule has 0 aliphatic heterocycles. The zero-order valence-electron chi connectivity index (χ0n) is 10.9. The third-order valence-electron chi connectivity index (χ3n) is 3.82. The predicted molar refractivity (Wildman–Crippen MR) is 78.4 cm³/mol. The van der Waals surface area contributed by atoms with Crippen LogP contribution in [0.25, 0.3) is 0 Å². The van der Waals surface area contributed by atoms with Crippen molar-refractivity contribution in [3.05, 3.63) is 65.2 Å². The molecule has 1 aliphatic rings. The van der Waals surface area contributed by atoms with Crippen LogP contribution < -0.4 is 5.73 Å². The highest BCUT2D eigenvalue weighted by molar-refractivity contribution is 7.85. The van der Waals surface area contributed by atoms with Gasteiger partial charge >= 0.3 is 0 Å². The summed E-state index contributed by atoms with van der Waals surface area (Å²) in [5, 5.41) is -0.0153. The number of fused-ring (bicyclic) bond motifs is 1. The lowest BCUT2D eigenvalue weighted by Crippen LogP contribution is -2.27. The van der Waals surface area contributed by atoms with Gasteiger partial charge in [-0.2, -0.15) is 0 Å². The van der Waals surface area contributed by atoms with Crippen molar-refractivity contribution < 1.29 is 4.21 Å². The molecule has 2 aromatic rings. The molecule has 2 N–H and O–H groups in total. The highest BCUT2D eigenvalue weighted by Gasteiger charge is 2.34. The molecule has 3 atom stereocenters. The maximum Gasteiger partial charge on any atom is 0.0628 e. The van der Waals surface area contributed by atoms with Gasteiger partial charge in [0.15, 0.2) is 0 Å². The van der Waals surface area contributed by atoms with Gasteiger partial charge in [0.1, 0.15) is 0 Å². The Balaban J connectivity index is 1.94. The van der Waals surface area contributed by atoms with Crippen molar-refractivity contribution in [2.24, 2.45) is 5.73 Å². The van der Waals surface area contributed by atoms with Crippen LogP contribution in [0.5, 0.6) is 0 Å². The van der Waals surface area contributed by atoms with E-state index in [1.54, 1.807) is 0 Å². The predicted octanol–water partition coefficient (Wildman–Crippen LogP) is 2.73. The first-order valence-electron chi connectivity index (χ1n) is 6.48. The van der Waals surface area contributed by atoms with Gasteiger partial charge < -0.3 is 5.73 Å². The maximum atomic E-state index is 12.8. The Morgan fingerprint density at radius 3 is 2.53 bits per heavy atom. The average Bonchev–Trinajstić information content (AvgIpc) is 2.77. The average molecular weight is 271 g/mol. The number of rotatable bonds is 2. The van der Waals surface area contributed by atoms with Crippen molar-refractivity contribution in [1.29, 1.82) is 0 Å². The summed E-state index contributed by atoms with van der Waals surface area (Å²) in [5.74, 6) is 0. The van der Waals surface area contributed by atoms with Gasteiger partial charge in [-0.05, 0) is 36.1 Å². The summed E-state index contributed by atoms with van der Waals surface area (Å²) >= 11 is 0. The van der Waals surface area contributed by atoms with Crippen LogP contribution in [0.3, 0.4) is 0 Å². The highest BCUT2D eigenvalue weighted by Crippen LogP contribution is 2.35. The molecule has 0 fully saturated rings. The van der Waals surface area contributed by atoms with Crippen LogP contribution in [0.1, 0.15) is 22.7 Å². The second-order valence-corrected chi connectivity index (χ2v) is 6.67. The molecule has 0 spiro atoms. The van der Waals surface area contributed by atoms with Crippen molar-refractivity contribution in [3.63, 3.8) is 0 Å². The topological polar surface area (TPSA) is 43.1 Å². The maximum absolute atomic E-state index is 12.8. The largest absolute Gasteiger partial charge is 0.323 e. The van der Waals surface area contributed by atoms with Gasteiger partial charge in [-0.15, -0.1) is 0 Å². The van der Waals surface area contributed by atoms with E-state index in [0.29, 0.717) is 0 Å². The number of hydrogen-bond acceptors (Lipinski definition) is 2. The van der Waals surface area contributed by atoms with E-state index in [0.717, 1.165) is 22.4 Å². The Bertz CT molecular complexity index is 638. The van der Waals surface area contributed by atoms with E-state index in [1.165, 1.54) is 5.56 Å². The Hall–Kier alpha value is -1.45. The molecule has 3 heteroatoms. The van der Waals surface area contributed by atoms with E-state index in [-0.39, 0.29) is 11.3 Å². The molecule has 98 valence electrons. The lowest BCUT2D eigenvalue weighted by molar-refractivity contribution is 0.646. The lowest BCUT2D eigenvalue weighted by Gasteiger charge is -2.17. The summed E-state index contributed by atoms with van der Waals surface area (Å²) in [6.07, 6.45) is 0.804. The second kappa shape index (κ2) is 4.91. The Morgan fingerprint density at radius 2 is 1.79 bits per heavy atom. The molecule has 1 aliphatic carbocycles. The van der Waals surface area contributed by atoms with Crippen molar-refractivity contribution in [1.82, 2.24) is 0 Å². The minimum atomic E-state index is -1.05. The van der Waals surface area contributed by atoms with E-state index >= 15 is 0 Å². The molecule has 0 saturated heterocycles. The van der Waals surface area contributed by atoms with E-state index in [9.17, 15) is 4.21 Å². The van der Waals surface area contributed by atoms with E-state index in [4.69, 9.17) is 5.73 Å². The van der Waals surface area contributed by atoms with Crippen molar-refractivity contribution in [2.75, 3.05) is 0 Å². The van der Waals surface area contributed by atoms with Crippen molar-refractivity contribution in [3.8, 4) is 0 Å². The molecule has 2 aromatic carbocycles. The molecule has 19 heavy (non-hydrogen) atoms. The van der Waals surface area contributed by atoms with Crippen molar-refractivity contribution in [2.45, 2.75) is 29.5 Å². The van der Waals surface area contributed by atoms with Crippen molar-refractivity contribution >= 4 is 10.8 Å². The van der Waals surface area contributed by atoms with Gasteiger partial charge in [0, 0.05) is 10.9 Å². The number of aryl methyl sites for hydroxylation is 1. The van der Waals surface area contributed by atoms with E-state index < -0.39 is 10.8 Å². The van der Waals surface area contributed by atoms with Gasteiger partial charge in [-0.3, -0.25) is 4.21 Å². The molecule has 3 rings (SSSR count). The number of hydrogen-bond donors (Lipinski definition) is 1. The first-order chi connectivity index (χ1) is 9.18. The second-order valence-electron chi connectivity index (χ2n) is 5.03. The fraction of sp³-hybridized carbons (Fsp3) is 0.250. The minimum Gasteiger partial charge on any atom is -0.323 e. The standard InChI is InChI=1S/C16H17NOS/c1-11-6-2-5-9-14(11)19(18)15-10-12-7-3-4-8-13(12)16(15)17/h2-9,15-16H,10,17H2,1H3. The summed E-state index contributed by atoms with van der Waals surface area (Å²) in [7, 11) is -1.05. The highest BCUT2D eigenvalue weighted by atomic mass is 32.2. The van der Waals surface area contributed by atoms with Gasteiger partial charge in [-0.1, -0.05) is 42.5 Å². The van der Waals surface area contributed by atoms with E-state index in [2.05, 4.69) is 12.1 Å². The Labute approximate surface area is 116 Å². The summed E-state index contributed by atoms with van der Waals surface area (Å²) in [5.41, 5.74) is 9.74. The Kier molecular flexibility index (Phi) is 3.25. The molecule has 0 heterocycles. The number of nitrogens with two attached hydrogens (primary N) is 1. The van der Waals surface area contributed by atoms with Crippen LogP contribution in [0.2, 0.25) is 0 Å². The summed E-state index contributed by atoms with van der Waals surface area (Å²) < 4.78 is 12.8. The van der Waals surface area contributed by atoms with Crippen LogP contribution in [0.15, 0.2) is 53.4 Å². The minimum absolute atomic E-state index is 0.0153. The van der Waals surface area contributed by atoms with Gasteiger partial charge in [0.05, 0.1) is 16.0 Å². The van der Waals surface area contributed by atoms with Gasteiger partial charge in [0.25, 0.3) is 0 Å². The molecule has 3 unspecified atom stereocenters. The zero-order chi connectivity index (χ0) is 13.4. The van der Waals surface area contributed by atoms with Gasteiger partial charge in [0.2, 0.25) is 0 Å². The Morgan fingerprint density at radius 1 is 1.11 bits per heavy atom. The molecule has 0 saturated carbocycles. The first-order valence-corrected chi connectivity index (χ1v) is 7.69. The molecule has 2 nitrogen and oxygen atoms in total. The van der Waals surface area contributed by atoms with Crippen LogP contribution in [-0.4, -0.2) is 9.46 Å². The van der Waals surface area contributed by atoms with Crippen LogP contribution in [0, 0.1) is 6.92 Å². The molecular weight excluding hydrogens is 254 g/mol. The molecule has 0 amide bonds. The molecular formula is C16H17NOS. The van der Waals surface area contributed by atoms with Crippen LogP contribution >= 0.6 is 0 Å². The summed E-state index contributed by atoms with van der Waals surface area (Å²) in [6.45, 7) is 2.00. The van der Waals surface area contributed by atoms with Gasteiger partial charge in [-0.25, -0.2) is 0 Å². The third kappa shape index (κ3) is 2.13.